The van der Waals surface area contributed by atoms with Gasteiger partial charge in [-0.3, -0.25) is 9.59 Å². The minimum absolute atomic E-state index is 0.0166. The third kappa shape index (κ3) is 5.82. The van der Waals surface area contributed by atoms with Crippen LogP contribution in [0.2, 0.25) is 0 Å². The van der Waals surface area contributed by atoms with Gasteiger partial charge in [0.05, 0.1) is 30.8 Å². The molecule has 1 aliphatic heterocycles. The van der Waals surface area contributed by atoms with Crippen LogP contribution in [0.1, 0.15) is 12.8 Å². The summed E-state index contributed by atoms with van der Waals surface area (Å²) in [5.41, 5.74) is 0. The average molecular weight is 309 g/mol. The van der Waals surface area contributed by atoms with Gasteiger partial charge in [-0.15, -0.1) is 11.8 Å². The molecule has 1 amide bonds. The normalized spacial score (nSPS) is 21.1. The Balaban J connectivity index is 2.25. The van der Waals surface area contributed by atoms with Gasteiger partial charge in [0.2, 0.25) is 5.91 Å². The van der Waals surface area contributed by atoms with E-state index in [1.807, 2.05) is 0 Å². The molecule has 1 heterocycles. The highest BCUT2D eigenvalue weighted by Gasteiger charge is 2.28. The molecule has 110 valence electrons. The van der Waals surface area contributed by atoms with Gasteiger partial charge in [0, 0.05) is 18.8 Å². The molecular formula is C11H19NO5S2. The maximum Gasteiger partial charge on any atom is 0.307 e. The number of sulfone groups is 1. The molecule has 6 nitrogen and oxygen atoms in total. The van der Waals surface area contributed by atoms with Crippen molar-refractivity contribution in [2.75, 3.05) is 38.0 Å². The number of ether oxygens (including phenoxy) is 1. The Morgan fingerprint density at radius 1 is 1.42 bits per heavy atom. The van der Waals surface area contributed by atoms with E-state index >= 15 is 0 Å². The second-order valence-corrected chi connectivity index (χ2v) is 7.99. The predicted molar refractivity (Wildman–Crippen MR) is 73.8 cm³/mol. The Kier molecular flexibility index (Phi) is 6.12. The first-order chi connectivity index (χ1) is 8.84. The minimum atomic E-state index is -2.90. The zero-order chi connectivity index (χ0) is 14.5. The number of carbonyl (C=O) groups is 2. The van der Waals surface area contributed by atoms with Crippen LogP contribution >= 0.6 is 11.8 Å². The number of esters is 1. The average Bonchev–Trinajstić information content (AvgIpc) is 2.72. The summed E-state index contributed by atoms with van der Waals surface area (Å²) in [4.78, 5) is 24.2. The summed E-state index contributed by atoms with van der Waals surface area (Å²) in [6.45, 7) is 0.315. The molecule has 19 heavy (non-hydrogen) atoms. The number of methoxy groups -OCH3 is 1. The zero-order valence-electron chi connectivity index (χ0n) is 11.1. The van der Waals surface area contributed by atoms with E-state index in [-0.39, 0.29) is 40.8 Å². The molecule has 1 unspecified atom stereocenters. The van der Waals surface area contributed by atoms with Crippen molar-refractivity contribution in [1.82, 2.24) is 4.90 Å². The maximum absolute atomic E-state index is 11.8. The standard InChI is InChI=1S/C11H19NO5S2/c1-12(5-3-11(14)17-2)10(13)7-18-9-4-6-19(15,16)8-9/h9H,3-8H2,1-2H3. The Bertz CT molecular complexity index is 434. The van der Waals surface area contributed by atoms with Crippen LogP contribution in [0, 0.1) is 0 Å². The van der Waals surface area contributed by atoms with E-state index in [1.165, 1.54) is 23.8 Å². The summed E-state index contributed by atoms with van der Waals surface area (Å²) < 4.78 is 27.0. The summed E-state index contributed by atoms with van der Waals surface area (Å²) >= 11 is 1.38. The van der Waals surface area contributed by atoms with Crippen LogP contribution in [-0.4, -0.2) is 68.4 Å². The summed E-state index contributed by atoms with van der Waals surface area (Å²) in [6, 6.07) is 0. The van der Waals surface area contributed by atoms with Gasteiger partial charge >= 0.3 is 5.97 Å². The number of hydrogen-bond acceptors (Lipinski definition) is 6. The highest BCUT2D eigenvalue weighted by Crippen LogP contribution is 2.24. The van der Waals surface area contributed by atoms with E-state index in [4.69, 9.17) is 0 Å². The first-order valence-corrected chi connectivity index (χ1v) is 8.84. The molecule has 0 aromatic carbocycles. The summed E-state index contributed by atoms with van der Waals surface area (Å²) in [5, 5.41) is 0.0166. The summed E-state index contributed by atoms with van der Waals surface area (Å²) in [5.74, 6) is 0.179. The fourth-order valence-electron chi connectivity index (χ4n) is 1.68. The lowest BCUT2D eigenvalue weighted by atomic mass is 10.4. The van der Waals surface area contributed by atoms with E-state index in [9.17, 15) is 18.0 Å². The minimum Gasteiger partial charge on any atom is -0.469 e. The molecule has 0 aromatic heterocycles. The molecule has 1 aliphatic rings. The predicted octanol–water partition coefficient (Wildman–Crippen LogP) is -0.0718. The quantitative estimate of drug-likeness (QED) is 0.639. The molecule has 1 rings (SSSR count). The van der Waals surface area contributed by atoms with Crippen molar-refractivity contribution >= 4 is 33.5 Å². The van der Waals surface area contributed by atoms with E-state index in [1.54, 1.807) is 7.05 Å². The Morgan fingerprint density at radius 2 is 2.11 bits per heavy atom. The van der Waals surface area contributed by atoms with Crippen molar-refractivity contribution in [3.05, 3.63) is 0 Å². The summed E-state index contributed by atoms with van der Waals surface area (Å²) in [6.07, 6.45) is 0.785. The van der Waals surface area contributed by atoms with Crippen LogP contribution in [0.4, 0.5) is 0 Å². The fraction of sp³-hybridized carbons (Fsp3) is 0.818. The first kappa shape index (κ1) is 16.3. The maximum atomic E-state index is 11.8. The van der Waals surface area contributed by atoms with Gasteiger partial charge in [-0.1, -0.05) is 0 Å². The fourth-order valence-corrected chi connectivity index (χ4v) is 5.26. The van der Waals surface area contributed by atoms with E-state index in [0.29, 0.717) is 13.0 Å². The zero-order valence-corrected chi connectivity index (χ0v) is 12.8. The van der Waals surface area contributed by atoms with Crippen molar-refractivity contribution in [1.29, 1.82) is 0 Å². The molecule has 0 bridgehead atoms. The highest BCUT2D eigenvalue weighted by atomic mass is 32.2. The Morgan fingerprint density at radius 3 is 2.63 bits per heavy atom. The second kappa shape index (κ2) is 7.14. The van der Waals surface area contributed by atoms with E-state index < -0.39 is 9.84 Å². The van der Waals surface area contributed by atoms with Crippen molar-refractivity contribution in [2.45, 2.75) is 18.1 Å². The topological polar surface area (TPSA) is 80.8 Å². The summed E-state index contributed by atoms with van der Waals surface area (Å²) in [7, 11) is 0.0329. The first-order valence-electron chi connectivity index (χ1n) is 5.97. The smallest absolute Gasteiger partial charge is 0.307 e. The lowest BCUT2D eigenvalue weighted by molar-refractivity contribution is -0.141. The van der Waals surface area contributed by atoms with Crippen LogP contribution in [0.5, 0.6) is 0 Å². The van der Waals surface area contributed by atoms with Gasteiger partial charge in [0.15, 0.2) is 9.84 Å². The number of nitrogens with zero attached hydrogens (tertiary/aromatic N) is 1. The van der Waals surface area contributed by atoms with Gasteiger partial charge in [-0.25, -0.2) is 8.42 Å². The van der Waals surface area contributed by atoms with Crippen LogP contribution in [0.3, 0.4) is 0 Å². The van der Waals surface area contributed by atoms with Crippen molar-refractivity contribution in [2.24, 2.45) is 0 Å². The van der Waals surface area contributed by atoms with Crippen LogP contribution in [0.25, 0.3) is 0 Å². The van der Waals surface area contributed by atoms with Gasteiger partial charge < -0.3 is 9.64 Å². The number of thioether (sulfide) groups is 1. The molecule has 0 spiro atoms. The van der Waals surface area contributed by atoms with Crippen molar-refractivity contribution in [3.8, 4) is 0 Å². The van der Waals surface area contributed by atoms with Crippen LogP contribution in [-0.2, 0) is 24.2 Å². The monoisotopic (exact) mass is 309 g/mol. The van der Waals surface area contributed by atoms with Crippen LogP contribution < -0.4 is 0 Å². The molecule has 0 N–H and O–H groups in total. The van der Waals surface area contributed by atoms with Gasteiger partial charge in [-0.05, 0) is 6.42 Å². The highest BCUT2D eigenvalue weighted by molar-refractivity contribution is 8.02. The SMILES string of the molecule is COC(=O)CCN(C)C(=O)CSC1CCS(=O)(=O)C1. The van der Waals surface area contributed by atoms with Crippen molar-refractivity contribution < 1.29 is 22.7 Å². The molecule has 0 aliphatic carbocycles. The van der Waals surface area contributed by atoms with Gasteiger partial charge in [0.25, 0.3) is 0 Å². The molecule has 1 saturated heterocycles. The number of rotatable bonds is 6. The van der Waals surface area contributed by atoms with Gasteiger partial charge in [-0.2, -0.15) is 0 Å². The van der Waals surface area contributed by atoms with E-state index in [2.05, 4.69) is 4.74 Å². The molecule has 0 aromatic rings. The number of hydrogen-bond donors (Lipinski definition) is 0. The Hall–Kier alpha value is -0.760. The molecule has 0 radical (unpaired) electrons. The molecule has 1 atom stereocenters. The number of carbonyl (C=O) groups excluding carboxylic acids is 2. The van der Waals surface area contributed by atoms with Crippen LogP contribution in [0.15, 0.2) is 0 Å². The molecule has 0 saturated carbocycles. The largest absolute Gasteiger partial charge is 0.469 e. The third-order valence-electron chi connectivity index (χ3n) is 2.94. The third-order valence-corrected chi connectivity index (χ3v) is 6.20. The second-order valence-electron chi connectivity index (χ2n) is 4.48. The molecular weight excluding hydrogens is 290 g/mol. The molecule has 8 heteroatoms. The number of amides is 1. The lowest BCUT2D eigenvalue weighted by Gasteiger charge is -2.17. The lowest BCUT2D eigenvalue weighted by Crippen LogP contribution is -2.31. The molecule has 1 fully saturated rings. The van der Waals surface area contributed by atoms with E-state index in [0.717, 1.165) is 0 Å². The van der Waals surface area contributed by atoms with Gasteiger partial charge in [0.1, 0.15) is 0 Å². The Labute approximate surface area is 117 Å². The van der Waals surface area contributed by atoms with Crippen molar-refractivity contribution in [3.63, 3.8) is 0 Å².